The molecule has 5 nitrogen and oxygen atoms in total. The summed E-state index contributed by atoms with van der Waals surface area (Å²) in [5.41, 5.74) is 1.21. The summed E-state index contributed by atoms with van der Waals surface area (Å²) in [4.78, 5) is 2.35. The molecule has 6 heteroatoms. The zero-order valence-electron chi connectivity index (χ0n) is 19.1. The first-order chi connectivity index (χ1) is 15.2. The second kappa shape index (κ2) is 12.9. The minimum absolute atomic E-state index is 0.304. The van der Waals surface area contributed by atoms with Crippen LogP contribution in [0.5, 0.6) is 11.5 Å². The third-order valence-corrected chi connectivity index (χ3v) is 6.29. The van der Waals surface area contributed by atoms with Crippen LogP contribution in [0.4, 0.5) is 0 Å². The summed E-state index contributed by atoms with van der Waals surface area (Å²) in [5.74, 6) is 2.29. The zero-order valence-corrected chi connectivity index (χ0v) is 19.9. The fourth-order valence-corrected chi connectivity index (χ4v) is 4.54. The van der Waals surface area contributed by atoms with Crippen LogP contribution in [0.1, 0.15) is 51.5 Å². The van der Waals surface area contributed by atoms with Crippen molar-refractivity contribution in [3.05, 3.63) is 35.9 Å². The molecule has 1 aliphatic heterocycles. The highest BCUT2D eigenvalue weighted by Crippen LogP contribution is 2.28. The lowest BCUT2D eigenvalue weighted by Gasteiger charge is -2.32. The first kappa shape index (κ1) is 23.9. The molecular weight excluding hydrogens is 408 g/mol. The van der Waals surface area contributed by atoms with Crippen LogP contribution >= 0.6 is 12.2 Å². The maximum absolute atomic E-state index is 5.89. The van der Waals surface area contributed by atoms with Gasteiger partial charge in [-0.15, -0.1) is 0 Å². The van der Waals surface area contributed by atoms with Gasteiger partial charge < -0.3 is 24.4 Å². The summed E-state index contributed by atoms with van der Waals surface area (Å²) in [5, 5.41) is 4.35. The number of hydrogen-bond acceptors (Lipinski definition) is 4. The number of allylic oxidation sites excluding steroid dienone is 2. The molecule has 3 rings (SSSR count). The fraction of sp³-hybridized carbons (Fsp3) is 0.640. The molecule has 31 heavy (non-hydrogen) atoms. The molecule has 1 heterocycles. The van der Waals surface area contributed by atoms with Gasteiger partial charge in [0.05, 0.1) is 19.3 Å². The van der Waals surface area contributed by atoms with Crippen LogP contribution in [0.2, 0.25) is 0 Å². The molecule has 0 aromatic heterocycles. The molecule has 0 amide bonds. The second-order valence-electron chi connectivity index (χ2n) is 8.32. The van der Waals surface area contributed by atoms with E-state index in [0.717, 1.165) is 68.5 Å². The summed E-state index contributed by atoms with van der Waals surface area (Å²) in [6.07, 6.45) is 11.7. The first-order valence-corrected chi connectivity index (χ1v) is 12.3. The Kier molecular flexibility index (Phi) is 9.94. The summed E-state index contributed by atoms with van der Waals surface area (Å²) in [6.45, 7) is 8.81. The average Bonchev–Trinajstić information content (AvgIpc) is 3.29. The summed E-state index contributed by atoms with van der Waals surface area (Å²) >= 11 is 5.81. The largest absolute Gasteiger partial charge is 0.490 e. The Balaban J connectivity index is 1.54. The molecule has 1 N–H and O–H groups in total. The Bertz CT molecular complexity index is 719. The van der Waals surface area contributed by atoms with Crippen LogP contribution in [0.15, 0.2) is 30.4 Å². The summed E-state index contributed by atoms with van der Waals surface area (Å²) < 4.78 is 17.3. The van der Waals surface area contributed by atoms with E-state index in [4.69, 9.17) is 26.4 Å². The molecule has 2 atom stereocenters. The Morgan fingerprint density at radius 2 is 1.97 bits per heavy atom. The maximum atomic E-state index is 5.89. The van der Waals surface area contributed by atoms with E-state index in [2.05, 4.69) is 34.5 Å². The highest BCUT2D eigenvalue weighted by molar-refractivity contribution is 7.80. The van der Waals surface area contributed by atoms with Crippen molar-refractivity contribution >= 4 is 17.3 Å². The van der Waals surface area contributed by atoms with Crippen LogP contribution in [0, 0.1) is 5.92 Å². The molecule has 0 spiro atoms. The van der Waals surface area contributed by atoms with Crippen molar-refractivity contribution in [1.82, 2.24) is 10.2 Å². The topological polar surface area (TPSA) is 43.0 Å². The third-order valence-electron chi connectivity index (χ3n) is 5.89. The second-order valence-corrected chi connectivity index (χ2v) is 8.71. The highest BCUT2D eigenvalue weighted by atomic mass is 32.1. The number of ether oxygens (including phenoxy) is 3. The molecule has 0 saturated carbocycles. The van der Waals surface area contributed by atoms with Crippen molar-refractivity contribution in [3.63, 3.8) is 0 Å². The van der Waals surface area contributed by atoms with Crippen molar-refractivity contribution in [2.24, 2.45) is 5.92 Å². The van der Waals surface area contributed by atoms with Crippen LogP contribution in [0.3, 0.4) is 0 Å². The van der Waals surface area contributed by atoms with Gasteiger partial charge in [-0.05, 0) is 88.2 Å². The Hall–Kier alpha value is -1.79. The van der Waals surface area contributed by atoms with Gasteiger partial charge in [-0.2, -0.15) is 0 Å². The normalized spacial score (nSPS) is 20.5. The molecule has 0 unspecified atom stereocenters. The number of nitrogens with zero attached hydrogens (tertiary/aromatic N) is 1. The van der Waals surface area contributed by atoms with Crippen molar-refractivity contribution in [2.45, 2.75) is 58.5 Å². The van der Waals surface area contributed by atoms with Gasteiger partial charge in [-0.25, -0.2) is 0 Å². The molecule has 172 valence electrons. The fourth-order valence-electron chi connectivity index (χ4n) is 4.28. The molecule has 1 fully saturated rings. The van der Waals surface area contributed by atoms with Gasteiger partial charge in [0.15, 0.2) is 16.6 Å². The standard InChI is InChI=1S/C25H38N2O3S/c1-3-28-23-13-12-20(17-24(23)29-4-2)14-15-26-25(31)27(19-22-11-8-16-30-22)18-21-9-6-5-7-10-21/h5-6,12-13,17,21-22H,3-4,7-11,14-16,18-19H2,1-2H3,(H,26,31)/t21-,22+/m1/s1. The SMILES string of the molecule is CCOc1ccc(CCNC(=S)N(C[C@@H]2CC=CCC2)C[C@@H]2CCCO2)cc1OCC. The smallest absolute Gasteiger partial charge is 0.169 e. The van der Waals surface area contributed by atoms with Gasteiger partial charge in [0.25, 0.3) is 0 Å². The lowest BCUT2D eigenvalue weighted by Crippen LogP contribution is -2.46. The van der Waals surface area contributed by atoms with Crippen LogP contribution in [0.25, 0.3) is 0 Å². The van der Waals surface area contributed by atoms with E-state index in [-0.39, 0.29) is 0 Å². The molecule has 1 aromatic carbocycles. The van der Waals surface area contributed by atoms with Crippen molar-refractivity contribution in [1.29, 1.82) is 0 Å². The minimum atomic E-state index is 0.304. The monoisotopic (exact) mass is 446 g/mol. The van der Waals surface area contributed by atoms with Crippen molar-refractivity contribution < 1.29 is 14.2 Å². The van der Waals surface area contributed by atoms with Gasteiger partial charge in [-0.1, -0.05) is 18.2 Å². The lowest BCUT2D eigenvalue weighted by atomic mass is 9.94. The summed E-state index contributed by atoms with van der Waals surface area (Å²) in [7, 11) is 0. The maximum Gasteiger partial charge on any atom is 0.169 e. The van der Waals surface area contributed by atoms with E-state index in [1.807, 2.05) is 19.9 Å². The van der Waals surface area contributed by atoms with Gasteiger partial charge in [-0.3, -0.25) is 0 Å². The van der Waals surface area contributed by atoms with E-state index < -0.39 is 0 Å². The molecule has 0 bridgehead atoms. The highest BCUT2D eigenvalue weighted by Gasteiger charge is 2.23. The number of hydrogen-bond donors (Lipinski definition) is 1. The summed E-state index contributed by atoms with van der Waals surface area (Å²) in [6, 6.07) is 6.19. The van der Waals surface area contributed by atoms with E-state index >= 15 is 0 Å². The minimum Gasteiger partial charge on any atom is -0.490 e. The Morgan fingerprint density at radius 1 is 1.13 bits per heavy atom. The number of rotatable bonds is 11. The van der Waals surface area contributed by atoms with E-state index in [1.165, 1.54) is 18.4 Å². The van der Waals surface area contributed by atoms with Crippen LogP contribution < -0.4 is 14.8 Å². The number of thiocarbonyl (C=S) groups is 1. The predicted molar refractivity (Wildman–Crippen MR) is 130 cm³/mol. The van der Waals surface area contributed by atoms with Gasteiger partial charge >= 0.3 is 0 Å². The van der Waals surface area contributed by atoms with Gasteiger partial charge in [0, 0.05) is 26.2 Å². The van der Waals surface area contributed by atoms with Gasteiger partial charge in [0.2, 0.25) is 0 Å². The molecular formula is C25H38N2O3S. The zero-order chi connectivity index (χ0) is 21.9. The Labute approximate surface area is 193 Å². The average molecular weight is 447 g/mol. The third kappa shape index (κ3) is 7.69. The quantitative estimate of drug-likeness (QED) is 0.391. The van der Waals surface area contributed by atoms with E-state index in [9.17, 15) is 0 Å². The molecule has 0 radical (unpaired) electrons. The van der Waals surface area contributed by atoms with Crippen LogP contribution in [-0.4, -0.2) is 55.6 Å². The van der Waals surface area contributed by atoms with Crippen molar-refractivity contribution in [2.75, 3.05) is 39.5 Å². The van der Waals surface area contributed by atoms with E-state index in [0.29, 0.717) is 25.2 Å². The van der Waals surface area contributed by atoms with Crippen LogP contribution in [-0.2, 0) is 11.2 Å². The lowest BCUT2D eigenvalue weighted by molar-refractivity contribution is 0.0874. The van der Waals surface area contributed by atoms with Gasteiger partial charge in [0.1, 0.15) is 0 Å². The predicted octanol–water partition coefficient (Wildman–Crippen LogP) is 4.74. The first-order valence-electron chi connectivity index (χ1n) is 11.9. The number of benzene rings is 1. The number of nitrogens with one attached hydrogen (secondary N) is 1. The molecule has 2 aliphatic rings. The van der Waals surface area contributed by atoms with Crippen molar-refractivity contribution in [3.8, 4) is 11.5 Å². The van der Waals surface area contributed by atoms with E-state index in [1.54, 1.807) is 0 Å². The molecule has 1 aliphatic carbocycles. The molecule has 1 saturated heterocycles. The molecule has 1 aromatic rings. The Morgan fingerprint density at radius 3 is 2.68 bits per heavy atom.